The lowest BCUT2D eigenvalue weighted by molar-refractivity contribution is -0.127. The van der Waals surface area contributed by atoms with Crippen LogP contribution >= 0.6 is 23.1 Å². The molecule has 0 radical (unpaired) electrons. The van der Waals surface area contributed by atoms with E-state index in [0.717, 1.165) is 54.9 Å². The molecule has 1 aliphatic carbocycles. The lowest BCUT2D eigenvalue weighted by Crippen LogP contribution is -2.29. The number of nitrogens with zero attached hydrogens (tertiary/aromatic N) is 3. The Morgan fingerprint density at radius 2 is 2.17 bits per heavy atom. The normalized spacial score (nSPS) is 20.5. The van der Waals surface area contributed by atoms with Gasteiger partial charge in [0.05, 0.1) is 11.1 Å². The van der Waals surface area contributed by atoms with Gasteiger partial charge in [-0.1, -0.05) is 18.7 Å². The van der Waals surface area contributed by atoms with E-state index < -0.39 is 0 Å². The second-order valence-corrected chi connectivity index (χ2v) is 8.83. The number of hydrogen-bond acceptors (Lipinski definition) is 6. The molecule has 1 unspecified atom stereocenters. The number of carbonyl (C=O) groups excluding carboxylic acids is 1. The summed E-state index contributed by atoms with van der Waals surface area (Å²) >= 11 is 3.16. The van der Waals surface area contributed by atoms with E-state index in [0.29, 0.717) is 16.7 Å². The predicted molar refractivity (Wildman–Crippen MR) is 99.6 cm³/mol. The molecule has 0 aromatic carbocycles. The van der Waals surface area contributed by atoms with Crippen molar-refractivity contribution in [3.63, 3.8) is 0 Å². The van der Waals surface area contributed by atoms with Crippen molar-refractivity contribution in [2.45, 2.75) is 44.2 Å². The molecule has 7 heteroatoms. The van der Waals surface area contributed by atoms with E-state index in [9.17, 15) is 4.79 Å². The molecule has 1 atom stereocenters. The van der Waals surface area contributed by atoms with Gasteiger partial charge in [-0.15, -0.1) is 11.3 Å². The Kier molecular flexibility index (Phi) is 4.39. The highest BCUT2D eigenvalue weighted by molar-refractivity contribution is 7.99. The van der Waals surface area contributed by atoms with Gasteiger partial charge in [0.25, 0.3) is 0 Å². The van der Waals surface area contributed by atoms with Crippen LogP contribution < -0.4 is 5.73 Å². The van der Waals surface area contributed by atoms with Gasteiger partial charge < -0.3 is 10.6 Å². The summed E-state index contributed by atoms with van der Waals surface area (Å²) in [6.45, 7) is 4.07. The highest BCUT2D eigenvalue weighted by Crippen LogP contribution is 2.39. The Labute approximate surface area is 150 Å². The standard InChI is InChI=1S/C17H22N4OS2/c1-10-4-5-11-12(8-10)24-16-14(11)15(18)19-17(20-16)23-9-13(22)21-6-2-3-7-21/h10H,2-9H2,1H3,(H2,18,19,20). The minimum absolute atomic E-state index is 0.180. The Morgan fingerprint density at radius 3 is 2.96 bits per heavy atom. The highest BCUT2D eigenvalue weighted by Gasteiger charge is 2.24. The van der Waals surface area contributed by atoms with E-state index in [-0.39, 0.29) is 5.91 Å². The molecule has 5 nitrogen and oxygen atoms in total. The van der Waals surface area contributed by atoms with Crippen LogP contribution in [0.25, 0.3) is 10.2 Å². The first-order valence-corrected chi connectivity index (χ1v) is 10.4. The monoisotopic (exact) mass is 362 g/mol. The van der Waals surface area contributed by atoms with Crippen molar-refractivity contribution >= 4 is 45.0 Å². The number of carbonyl (C=O) groups is 1. The summed E-state index contributed by atoms with van der Waals surface area (Å²) in [6, 6.07) is 0. The number of aryl methyl sites for hydroxylation is 1. The van der Waals surface area contributed by atoms with Gasteiger partial charge >= 0.3 is 0 Å². The van der Waals surface area contributed by atoms with E-state index in [4.69, 9.17) is 5.73 Å². The molecule has 0 spiro atoms. The third-order valence-corrected chi connectivity index (χ3v) is 6.93. The number of fused-ring (bicyclic) bond motifs is 3. The fourth-order valence-electron chi connectivity index (χ4n) is 3.60. The number of thioether (sulfide) groups is 1. The molecular formula is C17H22N4OS2. The van der Waals surface area contributed by atoms with Crippen LogP contribution in [0.4, 0.5) is 5.82 Å². The number of rotatable bonds is 3. The summed E-state index contributed by atoms with van der Waals surface area (Å²) in [5, 5.41) is 1.68. The van der Waals surface area contributed by atoms with E-state index in [1.807, 2.05) is 4.90 Å². The molecule has 3 heterocycles. The fraction of sp³-hybridized carbons (Fsp3) is 0.588. The minimum Gasteiger partial charge on any atom is -0.383 e. The van der Waals surface area contributed by atoms with Gasteiger partial charge in [0.2, 0.25) is 5.91 Å². The first-order chi connectivity index (χ1) is 11.6. The van der Waals surface area contributed by atoms with Crippen molar-refractivity contribution in [2.75, 3.05) is 24.6 Å². The third kappa shape index (κ3) is 2.99. The van der Waals surface area contributed by atoms with Crippen molar-refractivity contribution in [1.82, 2.24) is 14.9 Å². The molecule has 2 aliphatic rings. The number of hydrogen-bond donors (Lipinski definition) is 1. The summed E-state index contributed by atoms with van der Waals surface area (Å²) in [5.41, 5.74) is 7.59. The molecule has 1 fully saturated rings. The zero-order chi connectivity index (χ0) is 16.7. The summed E-state index contributed by atoms with van der Waals surface area (Å²) in [7, 11) is 0. The van der Waals surface area contributed by atoms with E-state index >= 15 is 0 Å². The quantitative estimate of drug-likeness (QED) is 0.671. The van der Waals surface area contributed by atoms with Crippen molar-refractivity contribution in [3.8, 4) is 0 Å². The molecule has 1 saturated heterocycles. The fourth-order valence-corrected chi connectivity index (χ4v) is 5.80. The van der Waals surface area contributed by atoms with Gasteiger partial charge in [-0.3, -0.25) is 4.79 Å². The number of nitrogen functional groups attached to an aromatic ring is 1. The number of nitrogens with two attached hydrogens (primary N) is 1. The van der Waals surface area contributed by atoms with Crippen LogP contribution in [-0.2, 0) is 17.6 Å². The van der Waals surface area contributed by atoms with Crippen molar-refractivity contribution in [1.29, 1.82) is 0 Å². The van der Waals surface area contributed by atoms with E-state index in [1.54, 1.807) is 11.3 Å². The van der Waals surface area contributed by atoms with Crippen molar-refractivity contribution in [2.24, 2.45) is 5.92 Å². The topological polar surface area (TPSA) is 72.1 Å². The Bertz CT molecular complexity index is 782. The average Bonchev–Trinajstić information content (AvgIpc) is 3.19. The summed E-state index contributed by atoms with van der Waals surface area (Å²) in [4.78, 5) is 25.7. The maximum atomic E-state index is 12.2. The molecule has 0 bridgehead atoms. The lowest BCUT2D eigenvalue weighted by Gasteiger charge is -2.17. The number of amides is 1. The largest absolute Gasteiger partial charge is 0.383 e. The van der Waals surface area contributed by atoms with Gasteiger partial charge in [-0.25, -0.2) is 9.97 Å². The van der Waals surface area contributed by atoms with Crippen LogP contribution in [0.15, 0.2) is 5.16 Å². The van der Waals surface area contributed by atoms with Gasteiger partial charge in [-0.05, 0) is 43.6 Å². The SMILES string of the molecule is CC1CCc2c(sc3nc(SCC(=O)N4CCCC4)nc(N)c23)C1. The highest BCUT2D eigenvalue weighted by atomic mass is 32.2. The van der Waals surface area contributed by atoms with Crippen LogP contribution in [0, 0.1) is 5.92 Å². The van der Waals surface area contributed by atoms with Crippen molar-refractivity contribution < 1.29 is 4.79 Å². The first-order valence-electron chi connectivity index (χ1n) is 8.60. The maximum absolute atomic E-state index is 12.2. The lowest BCUT2D eigenvalue weighted by atomic mass is 9.89. The third-order valence-electron chi connectivity index (χ3n) is 4.95. The Balaban J connectivity index is 1.55. The summed E-state index contributed by atoms with van der Waals surface area (Å²) < 4.78 is 0. The second-order valence-electron chi connectivity index (χ2n) is 6.80. The Morgan fingerprint density at radius 1 is 1.38 bits per heavy atom. The van der Waals surface area contributed by atoms with Gasteiger partial charge in [0.15, 0.2) is 5.16 Å². The first kappa shape index (κ1) is 16.1. The molecular weight excluding hydrogens is 340 g/mol. The Hall–Kier alpha value is -1.34. The maximum Gasteiger partial charge on any atom is 0.233 e. The van der Waals surface area contributed by atoms with E-state index in [1.165, 1.54) is 28.6 Å². The van der Waals surface area contributed by atoms with Crippen LogP contribution in [0.5, 0.6) is 0 Å². The summed E-state index contributed by atoms with van der Waals surface area (Å²) in [5.74, 6) is 1.88. The summed E-state index contributed by atoms with van der Waals surface area (Å²) in [6.07, 6.45) is 5.63. The number of anilines is 1. The zero-order valence-corrected chi connectivity index (χ0v) is 15.5. The minimum atomic E-state index is 0.180. The van der Waals surface area contributed by atoms with Crippen LogP contribution in [0.2, 0.25) is 0 Å². The number of aromatic nitrogens is 2. The predicted octanol–water partition coefficient (Wildman–Crippen LogP) is 3.11. The average molecular weight is 363 g/mol. The molecule has 1 aliphatic heterocycles. The molecule has 4 rings (SSSR count). The molecule has 2 aromatic rings. The molecule has 128 valence electrons. The van der Waals surface area contributed by atoms with Crippen LogP contribution in [0.1, 0.15) is 36.6 Å². The molecule has 2 aromatic heterocycles. The zero-order valence-electron chi connectivity index (χ0n) is 13.9. The van der Waals surface area contributed by atoms with Crippen LogP contribution in [-0.4, -0.2) is 39.6 Å². The van der Waals surface area contributed by atoms with Crippen LogP contribution in [0.3, 0.4) is 0 Å². The smallest absolute Gasteiger partial charge is 0.233 e. The molecule has 1 amide bonds. The molecule has 2 N–H and O–H groups in total. The molecule has 0 saturated carbocycles. The van der Waals surface area contributed by atoms with Gasteiger partial charge in [-0.2, -0.15) is 0 Å². The number of thiophene rings is 1. The second kappa shape index (κ2) is 6.52. The van der Waals surface area contributed by atoms with E-state index in [2.05, 4.69) is 16.9 Å². The van der Waals surface area contributed by atoms with Gasteiger partial charge in [0.1, 0.15) is 10.6 Å². The van der Waals surface area contributed by atoms with Gasteiger partial charge in [0, 0.05) is 18.0 Å². The van der Waals surface area contributed by atoms with Crippen molar-refractivity contribution in [3.05, 3.63) is 10.4 Å². The number of likely N-dealkylation sites (tertiary alicyclic amines) is 1. The molecule has 24 heavy (non-hydrogen) atoms.